The number of aryl methyl sites for hydroxylation is 1. The molecule has 3 N–H and O–H groups in total. The van der Waals surface area contributed by atoms with Gasteiger partial charge in [0.1, 0.15) is 18.8 Å². The van der Waals surface area contributed by atoms with Crippen molar-refractivity contribution in [3.05, 3.63) is 83.6 Å². The highest BCUT2D eigenvalue weighted by atomic mass is 16.6. The van der Waals surface area contributed by atoms with E-state index in [1.807, 2.05) is 55.6 Å². The van der Waals surface area contributed by atoms with Crippen LogP contribution in [0.3, 0.4) is 0 Å². The lowest BCUT2D eigenvalue weighted by Crippen LogP contribution is -2.53. The first-order valence-corrected chi connectivity index (χ1v) is 13.5. The molecule has 200 valence electrons. The predicted molar refractivity (Wildman–Crippen MR) is 147 cm³/mol. The first-order valence-electron chi connectivity index (χ1n) is 13.5. The van der Waals surface area contributed by atoms with Crippen LogP contribution in [0.25, 0.3) is 10.9 Å². The number of imide groups is 1. The van der Waals surface area contributed by atoms with Crippen LogP contribution in [0, 0.1) is 18.8 Å². The Morgan fingerprint density at radius 2 is 1.77 bits per heavy atom. The topological polar surface area (TPSA) is 113 Å². The van der Waals surface area contributed by atoms with E-state index in [1.165, 1.54) is 4.90 Å². The number of nitrogens with zero attached hydrogens (tertiary/aromatic N) is 1. The van der Waals surface area contributed by atoms with E-state index in [-0.39, 0.29) is 11.8 Å². The van der Waals surface area contributed by atoms with Crippen molar-refractivity contribution in [3.63, 3.8) is 0 Å². The van der Waals surface area contributed by atoms with Crippen LogP contribution in [-0.2, 0) is 26.3 Å². The summed E-state index contributed by atoms with van der Waals surface area (Å²) in [6.45, 7) is 2.76. The molecular weight excluding hydrogens is 508 g/mol. The van der Waals surface area contributed by atoms with E-state index in [1.54, 1.807) is 18.2 Å². The zero-order valence-electron chi connectivity index (χ0n) is 21.7. The Kier molecular flexibility index (Phi) is 4.76. The first kappa shape index (κ1) is 23.3. The maximum absolute atomic E-state index is 14.3. The Labute approximate surface area is 229 Å². The van der Waals surface area contributed by atoms with Crippen LogP contribution in [0.5, 0.6) is 11.5 Å². The number of ether oxygens (including phenoxy) is 2. The molecule has 2 fully saturated rings. The normalized spacial score (nSPS) is 26.5. The highest BCUT2D eigenvalue weighted by molar-refractivity contribution is 6.26. The maximum atomic E-state index is 14.3. The van der Waals surface area contributed by atoms with Gasteiger partial charge in [-0.05, 0) is 42.7 Å². The molecule has 4 atom stereocenters. The van der Waals surface area contributed by atoms with Gasteiger partial charge in [-0.2, -0.15) is 0 Å². The Hall–Kier alpha value is -4.63. The fourth-order valence-electron chi connectivity index (χ4n) is 7.11. The van der Waals surface area contributed by atoms with Gasteiger partial charge in [0, 0.05) is 40.5 Å². The predicted octanol–water partition coefficient (Wildman–Crippen LogP) is 3.42. The third-order valence-electron chi connectivity index (χ3n) is 8.86. The summed E-state index contributed by atoms with van der Waals surface area (Å²) < 4.78 is 11.4. The molecule has 0 saturated carbocycles. The molecule has 8 rings (SSSR count). The number of H-pyrrole nitrogens is 1. The molecule has 1 aromatic heterocycles. The second kappa shape index (κ2) is 8.19. The van der Waals surface area contributed by atoms with Crippen LogP contribution in [0.2, 0.25) is 0 Å². The minimum Gasteiger partial charge on any atom is -0.486 e. The third-order valence-corrected chi connectivity index (χ3v) is 8.86. The van der Waals surface area contributed by atoms with Gasteiger partial charge in [0.25, 0.3) is 0 Å². The van der Waals surface area contributed by atoms with Crippen molar-refractivity contribution in [2.24, 2.45) is 11.8 Å². The lowest BCUT2D eigenvalue weighted by atomic mass is 9.76. The molecule has 4 aliphatic rings. The van der Waals surface area contributed by atoms with Crippen molar-refractivity contribution < 1.29 is 23.9 Å². The quantitative estimate of drug-likeness (QED) is 0.347. The van der Waals surface area contributed by atoms with E-state index in [0.29, 0.717) is 48.1 Å². The van der Waals surface area contributed by atoms with Gasteiger partial charge < -0.3 is 19.8 Å². The van der Waals surface area contributed by atoms with Crippen LogP contribution in [0.4, 0.5) is 11.4 Å². The fourth-order valence-corrected chi connectivity index (χ4v) is 7.11. The molecule has 0 bridgehead atoms. The molecule has 1 spiro atoms. The fraction of sp³-hybridized carbons (Fsp3) is 0.258. The third kappa shape index (κ3) is 2.98. The summed E-state index contributed by atoms with van der Waals surface area (Å²) in [5, 5.41) is 7.62. The number of benzene rings is 3. The summed E-state index contributed by atoms with van der Waals surface area (Å²) in [4.78, 5) is 47.0. The summed E-state index contributed by atoms with van der Waals surface area (Å²) in [5.41, 5.74) is 3.37. The molecule has 2 saturated heterocycles. The molecule has 0 aliphatic carbocycles. The Morgan fingerprint density at radius 1 is 0.950 bits per heavy atom. The number of para-hydroxylation sites is 2. The standard InChI is InChI=1S/C31H26N4O5/c1-16-5-4-7-20-27(16)33-30(38)31(20)26-25(22(34-31)13-17-15-32-21-8-3-2-6-19(17)21)28(36)35(29(26)37)18-9-10-23-24(14-18)40-12-11-39-23/h2-10,14-15,22,25-26,32,34H,11-13H2,1H3,(H,33,38)/t22-,25-,26+,31+/m1/s1. The molecule has 3 aromatic carbocycles. The lowest BCUT2D eigenvalue weighted by Gasteiger charge is -2.30. The lowest BCUT2D eigenvalue weighted by molar-refractivity contribution is -0.130. The van der Waals surface area contributed by atoms with E-state index in [9.17, 15) is 14.4 Å². The number of hydrogen-bond acceptors (Lipinski definition) is 6. The van der Waals surface area contributed by atoms with Crippen molar-refractivity contribution in [2.75, 3.05) is 23.4 Å². The average molecular weight is 535 g/mol. The van der Waals surface area contributed by atoms with Crippen molar-refractivity contribution in [1.82, 2.24) is 10.3 Å². The number of fused-ring (bicyclic) bond motifs is 6. The monoisotopic (exact) mass is 534 g/mol. The average Bonchev–Trinajstić information content (AvgIpc) is 3.68. The van der Waals surface area contributed by atoms with Crippen LogP contribution in [-0.4, -0.2) is 42.0 Å². The number of amides is 3. The molecule has 4 aromatic rings. The van der Waals surface area contributed by atoms with Crippen LogP contribution >= 0.6 is 0 Å². The van der Waals surface area contributed by atoms with Crippen molar-refractivity contribution >= 4 is 40.0 Å². The molecule has 3 amide bonds. The Bertz CT molecular complexity index is 1760. The minimum atomic E-state index is -1.36. The van der Waals surface area contributed by atoms with Crippen molar-refractivity contribution in [2.45, 2.75) is 24.9 Å². The molecule has 0 radical (unpaired) electrons. The van der Waals surface area contributed by atoms with Gasteiger partial charge in [-0.3, -0.25) is 19.7 Å². The summed E-state index contributed by atoms with van der Waals surface area (Å²) in [5.74, 6) is -1.62. The van der Waals surface area contributed by atoms with Gasteiger partial charge >= 0.3 is 0 Å². The molecule has 4 aliphatic heterocycles. The SMILES string of the molecule is Cc1cccc2c1NC(=O)[C@]21N[C@H](Cc2c[nH]c3ccccc23)[C@H]2C(=O)N(c3ccc4c(c3)OCCO4)C(=O)[C@H]21. The molecule has 40 heavy (non-hydrogen) atoms. The van der Waals surface area contributed by atoms with Crippen LogP contribution < -0.4 is 25.0 Å². The number of aromatic nitrogens is 1. The number of aromatic amines is 1. The minimum absolute atomic E-state index is 0.307. The van der Waals surface area contributed by atoms with E-state index in [0.717, 1.165) is 22.0 Å². The van der Waals surface area contributed by atoms with E-state index in [2.05, 4.69) is 15.6 Å². The molecule has 0 unspecified atom stereocenters. The Morgan fingerprint density at radius 3 is 2.65 bits per heavy atom. The van der Waals surface area contributed by atoms with Crippen molar-refractivity contribution in [3.8, 4) is 11.5 Å². The van der Waals surface area contributed by atoms with Crippen molar-refractivity contribution in [1.29, 1.82) is 0 Å². The maximum Gasteiger partial charge on any atom is 0.250 e. The van der Waals surface area contributed by atoms with E-state index in [4.69, 9.17) is 9.47 Å². The number of carbonyl (C=O) groups excluding carboxylic acids is 3. The zero-order chi connectivity index (χ0) is 27.2. The van der Waals surface area contributed by atoms with E-state index < -0.39 is 29.3 Å². The number of hydrogen-bond donors (Lipinski definition) is 3. The zero-order valence-corrected chi connectivity index (χ0v) is 21.7. The smallest absolute Gasteiger partial charge is 0.250 e. The highest BCUT2D eigenvalue weighted by Gasteiger charge is 2.70. The number of anilines is 2. The van der Waals surface area contributed by atoms with Crippen LogP contribution in [0.15, 0.2) is 66.9 Å². The van der Waals surface area contributed by atoms with Gasteiger partial charge in [-0.15, -0.1) is 0 Å². The Balaban J connectivity index is 1.27. The molecular formula is C31H26N4O5. The molecule has 5 heterocycles. The molecule has 9 nitrogen and oxygen atoms in total. The number of carbonyl (C=O) groups is 3. The van der Waals surface area contributed by atoms with Gasteiger partial charge in [0.05, 0.1) is 17.5 Å². The summed E-state index contributed by atoms with van der Waals surface area (Å²) in [7, 11) is 0. The second-order valence-corrected chi connectivity index (χ2v) is 10.9. The number of nitrogens with one attached hydrogen (secondary N) is 3. The summed E-state index contributed by atoms with van der Waals surface area (Å²) in [6.07, 6.45) is 2.41. The first-order chi connectivity index (χ1) is 19.5. The van der Waals surface area contributed by atoms with Gasteiger partial charge in [0.2, 0.25) is 17.7 Å². The number of rotatable bonds is 3. The summed E-state index contributed by atoms with van der Waals surface area (Å²) in [6, 6.07) is 18.3. The largest absolute Gasteiger partial charge is 0.486 e. The molecule has 9 heteroatoms. The van der Waals surface area contributed by atoms with Gasteiger partial charge in [-0.1, -0.05) is 36.4 Å². The van der Waals surface area contributed by atoms with E-state index >= 15 is 0 Å². The van der Waals surface area contributed by atoms with Gasteiger partial charge in [0.15, 0.2) is 11.5 Å². The summed E-state index contributed by atoms with van der Waals surface area (Å²) >= 11 is 0. The van der Waals surface area contributed by atoms with Crippen LogP contribution in [0.1, 0.15) is 16.7 Å². The second-order valence-electron chi connectivity index (χ2n) is 10.9. The highest BCUT2D eigenvalue weighted by Crippen LogP contribution is 2.54. The van der Waals surface area contributed by atoms with Gasteiger partial charge in [-0.25, -0.2) is 4.90 Å².